The molecule has 1 aromatic carbocycles. The van der Waals surface area contributed by atoms with E-state index >= 15 is 0 Å². The first-order chi connectivity index (χ1) is 8.69. The molecule has 0 aliphatic carbocycles. The molecule has 0 spiro atoms. The van der Waals surface area contributed by atoms with Crippen molar-refractivity contribution in [2.75, 3.05) is 19.6 Å². The number of hydrogen-bond donors (Lipinski definition) is 1. The number of piperazine rings is 1. The SMILES string of the molecule is CCC1CN(CCc2ccc(Cl)cc2)C(C)CN1. The first-order valence-electron chi connectivity index (χ1n) is 6.91. The van der Waals surface area contributed by atoms with Gasteiger partial charge in [0.25, 0.3) is 0 Å². The Hall–Kier alpha value is -0.570. The summed E-state index contributed by atoms with van der Waals surface area (Å²) < 4.78 is 0. The highest BCUT2D eigenvalue weighted by Crippen LogP contribution is 2.13. The Morgan fingerprint density at radius 3 is 2.72 bits per heavy atom. The van der Waals surface area contributed by atoms with Crippen molar-refractivity contribution in [3.63, 3.8) is 0 Å². The molecule has 2 nitrogen and oxygen atoms in total. The lowest BCUT2D eigenvalue weighted by atomic mass is 10.1. The molecule has 0 saturated carbocycles. The zero-order valence-electron chi connectivity index (χ0n) is 11.3. The molecular weight excluding hydrogens is 244 g/mol. The summed E-state index contributed by atoms with van der Waals surface area (Å²) in [5, 5.41) is 4.41. The van der Waals surface area contributed by atoms with E-state index < -0.39 is 0 Å². The van der Waals surface area contributed by atoms with Crippen LogP contribution in [0.25, 0.3) is 0 Å². The van der Waals surface area contributed by atoms with Gasteiger partial charge in [0.15, 0.2) is 0 Å². The number of nitrogens with one attached hydrogen (secondary N) is 1. The molecule has 0 bridgehead atoms. The quantitative estimate of drug-likeness (QED) is 0.902. The fourth-order valence-electron chi connectivity index (χ4n) is 2.50. The zero-order valence-corrected chi connectivity index (χ0v) is 12.1. The first kappa shape index (κ1) is 13.9. The van der Waals surface area contributed by atoms with Gasteiger partial charge in [-0.3, -0.25) is 4.90 Å². The average Bonchev–Trinajstić information content (AvgIpc) is 2.40. The van der Waals surface area contributed by atoms with Crippen molar-refractivity contribution in [3.8, 4) is 0 Å². The summed E-state index contributed by atoms with van der Waals surface area (Å²) in [6.45, 7) is 7.98. The highest BCUT2D eigenvalue weighted by atomic mass is 35.5. The number of rotatable bonds is 4. The summed E-state index contributed by atoms with van der Waals surface area (Å²) in [6, 6.07) is 9.52. The van der Waals surface area contributed by atoms with Gasteiger partial charge in [0.1, 0.15) is 0 Å². The highest BCUT2D eigenvalue weighted by Gasteiger charge is 2.23. The summed E-state index contributed by atoms with van der Waals surface area (Å²) in [5.41, 5.74) is 1.37. The minimum absolute atomic E-state index is 0.639. The van der Waals surface area contributed by atoms with E-state index in [0.717, 1.165) is 24.5 Å². The van der Waals surface area contributed by atoms with Crippen LogP contribution in [0.3, 0.4) is 0 Å². The number of hydrogen-bond acceptors (Lipinski definition) is 2. The van der Waals surface area contributed by atoms with Crippen molar-refractivity contribution in [1.29, 1.82) is 0 Å². The van der Waals surface area contributed by atoms with Crippen LogP contribution < -0.4 is 5.32 Å². The van der Waals surface area contributed by atoms with Crippen molar-refractivity contribution in [1.82, 2.24) is 10.2 Å². The lowest BCUT2D eigenvalue weighted by molar-refractivity contribution is 0.141. The summed E-state index contributed by atoms with van der Waals surface area (Å²) >= 11 is 5.90. The van der Waals surface area contributed by atoms with E-state index in [1.807, 2.05) is 12.1 Å². The molecule has 0 radical (unpaired) electrons. The third-order valence-electron chi connectivity index (χ3n) is 3.87. The maximum absolute atomic E-state index is 5.90. The predicted molar refractivity (Wildman–Crippen MR) is 78.3 cm³/mol. The van der Waals surface area contributed by atoms with E-state index in [0.29, 0.717) is 12.1 Å². The number of benzene rings is 1. The molecule has 1 saturated heterocycles. The molecule has 100 valence electrons. The molecule has 2 rings (SSSR count). The lowest BCUT2D eigenvalue weighted by Gasteiger charge is -2.38. The van der Waals surface area contributed by atoms with Gasteiger partial charge in [-0.1, -0.05) is 30.7 Å². The molecular formula is C15H23ClN2. The van der Waals surface area contributed by atoms with Crippen molar-refractivity contribution in [2.24, 2.45) is 0 Å². The van der Waals surface area contributed by atoms with Crippen LogP contribution in [0.2, 0.25) is 5.02 Å². The van der Waals surface area contributed by atoms with Crippen LogP contribution in [0.15, 0.2) is 24.3 Å². The molecule has 1 aliphatic heterocycles. The lowest BCUT2D eigenvalue weighted by Crippen LogP contribution is -2.55. The average molecular weight is 267 g/mol. The second-order valence-corrected chi connectivity index (χ2v) is 5.67. The van der Waals surface area contributed by atoms with Gasteiger partial charge in [0, 0.05) is 36.7 Å². The molecule has 1 fully saturated rings. The standard InChI is InChI=1S/C15H23ClN2/c1-3-15-11-18(12(2)10-17-15)9-8-13-4-6-14(16)7-5-13/h4-7,12,15,17H,3,8-11H2,1-2H3. The second kappa shape index (κ2) is 6.55. The maximum atomic E-state index is 5.90. The Morgan fingerprint density at radius 1 is 1.33 bits per heavy atom. The van der Waals surface area contributed by atoms with Gasteiger partial charge in [0.2, 0.25) is 0 Å². The molecule has 2 atom stereocenters. The Balaban J connectivity index is 1.86. The van der Waals surface area contributed by atoms with Crippen LogP contribution in [0.1, 0.15) is 25.8 Å². The molecule has 2 unspecified atom stereocenters. The minimum atomic E-state index is 0.639. The number of halogens is 1. The molecule has 1 aromatic rings. The summed E-state index contributed by atoms with van der Waals surface area (Å²) in [6.07, 6.45) is 2.32. The van der Waals surface area contributed by atoms with Crippen molar-refractivity contribution in [3.05, 3.63) is 34.9 Å². The molecule has 3 heteroatoms. The van der Waals surface area contributed by atoms with E-state index in [-0.39, 0.29) is 0 Å². The van der Waals surface area contributed by atoms with Gasteiger partial charge in [-0.25, -0.2) is 0 Å². The smallest absolute Gasteiger partial charge is 0.0406 e. The minimum Gasteiger partial charge on any atom is -0.311 e. The van der Waals surface area contributed by atoms with Gasteiger partial charge in [-0.05, 0) is 37.5 Å². The predicted octanol–water partition coefficient (Wildman–Crippen LogP) is 2.95. The summed E-state index contributed by atoms with van der Waals surface area (Å²) in [7, 11) is 0. The molecule has 1 aliphatic rings. The van der Waals surface area contributed by atoms with E-state index in [1.165, 1.54) is 18.5 Å². The fourth-order valence-corrected chi connectivity index (χ4v) is 2.63. The Morgan fingerprint density at radius 2 is 2.06 bits per heavy atom. The Labute approximate surface area is 115 Å². The third kappa shape index (κ3) is 3.71. The van der Waals surface area contributed by atoms with Gasteiger partial charge in [0.05, 0.1) is 0 Å². The van der Waals surface area contributed by atoms with E-state index in [2.05, 4.69) is 36.2 Å². The summed E-state index contributed by atoms with van der Waals surface area (Å²) in [4.78, 5) is 2.60. The van der Waals surface area contributed by atoms with E-state index in [1.54, 1.807) is 0 Å². The van der Waals surface area contributed by atoms with Crippen LogP contribution in [0.5, 0.6) is 0 Å². The zero-order chi connectivity index (χ0) is 13.0. The van der Waals surface area contributed by atoms with Crippen LogP contribution in [-0.4, -0.2) is 36.6 Å². The normalized spacial score (nSPS) is 25.3. The molecule has 1 N–H and O–H groups in total. The maximum Gasteiger partial charge on any atom is 0.0406 e. The molecule has 1 heterocycles. The van der Waals surface area contributed by atoms with E-state index in [9.17, 15) is 0 Å². The Kier molecular flexibility index (Phi) is 5.04. The van der Waals surface area contributed by atoms with Crippen LogP contribution in [0, 0.1) is 0 Å². The van der Waals surface area contributed by atoms with Crippen molar-refractivity contribution in [2.45, 2.75) is 38.8 Å². The van der Waals surface area contributed by atoms with Crippen molar-refractivity contribution < 1.29 is 0 Å². The van der Waals surface area contributed by atoms with Crippen molar-refractivity contribution >= 4 is 11.6 Å². The van der Waals surface area contributed by atoms with Gasteiger partial charge >= 0.3 is 0 Å². The molecule has 0 amide bonds. The van der Waals surface area contributed by atoms with Gasteiger partial charge < -0.3 is 5.32 Å². The fraction of sp³-hybridized carbons (Fsp3) is 0.600. The monoisotopic (exact) mass is 266 g/mol. The third-order valence-corrected chi connectivity index (χ3v) is 4.13. The Bertz CT molecular complexity index is 363. The van der Waals surface area contributed by atoms with Gasteiger partial charge in [-0.2, -0.15) is 0 Å². The van der Waals surface area contributed by atoms with Crippen LogP contribution in [0.4, 0.5) is 0 Å². The largest absolute Gasteiger partial charge is 0.311 e. The molecule has 18 heavy (non-hydrogen) atoms. The highest BCUT2D eigenvalue weighted by molar-refractivity contribution is 6.30. The van der Waals surface area contributed by atoms with E-state index in [4.69, 9.17) is 11.6 Å². The van der Waals surface area contributed by atoms with Crippen LogP contribution in [-0.2, 0) is 6.42 Å². The van der Waals surface area contributed by atoms with Gasteiger partial charge in [-0.15, -0.1) is 0 Å². The number of nitrogens with zero attached hydrogens (tertiary/aromatic N) is 1. The first-order valence-corrected chi connectivity index (χ1v) is 7.28. The topological polar surface area (TPSA) is 15.3 Å². The van der Waals surface area contributed by atoms with Crippen LogP contribution >= 0.6 is 11.6 Å². The molecule has 0 aromatic heterocycles. The second-order valence-electron chi connectivity index (χ2n) is 5.23. The summed E-state index contributed by atoms with van der Waals surface area (Å²) in [5.74, 6) is 0.